The fourth-order valence-electron chi connectivity index (χ4n) is 3.95. The molecule has 2 saturated heterocycles. The Kier molecular flexibility index (Phi) is 2.04. The van der Waals surface area contributed by atoms with Crippen molar-refractivity contribution >= 4 is 0 Å². The van der Waals surface area contributed by atoms with Crippen molar-refractivity contribution in [3.8, 4) is 5.75 Å². The van der Waals surface area contributed by atoms with Crippen molar-refractivity contribution in [2.45, 2.75) is 56.2 Å². The number of hydrogen-bond donors (Lipinski definition) is 1. The minimum atomic E-state index is 0.144. The van der Waals surface area contributed by atoms with Crippen molar-refractivity contribution in [3.05, 3.63) is 29.8 Å². The summed E-state index contributed by atoms with van der Waals surface area (Å²) in [5, 5.41) is 3.71. The molecule has 0 amide bonds. The highest BCUT2D eigenvalue weighted by Gasteiger charge is 2.46. The van der Waals surface area contributed by atoms with Gasteiger partial charge in [0.2, 0.25) is 0 Å². The van der Waals surface area contributed by atoms with Crippen molar-refractivity contribution < 1.29 is 4.74 Å². The smallest absolute Gasteiger partial charge is 0.123 e. The van der Waals surface area contributed by atoms with E-state index in [-0.39, 0.29) is 5.60 Å². The van der Waals surface area contributed by atoms with Gasteiger partial charge >= 0.3 is 0 Å². The minimum Gasteiger partial charge on any atom is -0.487 e. The molecule has 2 fully saturated rings. The minimum absolute atomic E-state index is 0.144. The fraction of sp³-hybridized carbons (Fsp3) is 0.600. The predicted molar refractivity (Wildman–Crippen MR) is 67.3 cm³/mol. The largest absolute Gasteiger partial charge is 0.487 e. The molecule has 1 spiro atoms. The third kappa shape index (κ3) is 1.58. The van der Waals surface area contributed by atoms with Gasteiger partial charge < -0.3 is 10.1 Å². The zero-order chi connectivity index (χ0) is 11.3. The Morgan fingerprint density at radius 3 is 2.71 bits per heavy atom. The monoisotopic (exact) mass is 229 g/mol. The quantitative estimate of drug-likeness (QED) is 0.738. The second-order valence-electron chi connectivity index (χ2n) is 5.94. The molecular formula is C15H19NO. The lowest BCUT2D eigenvalue weighted by atomic mass is 9.80. The number of fused-ring (bicyclic) bond motifs is 3. The molecule has 1 aromatic carbocycles. The summed E-state index contributed by atoms with van der Waals surface area (Å²) in [7, 11) is 0. The number of hydrogen-bond acceptors (Lipinski definition) is 2. The lowest BCUT2D eigenvalue weighted by Crippen LogP contribution is -2.53. The summed E-state index contributed by atoms with van der Waals surface area (Å²) in [5.74, 6) is 1.14. The molecule has 3 aliphatic rings. The number of nitrogens with one attached hydrogen (secondary N) is 1. The van der Waals surface area contributed by atoms with Crippen LogP contribution in [0, 0.1) is 0 Å². The molecule has 2 bridgehead atoms. The van der Waals surface area contributed by atoms with Crippen LogP contribution in [0.4, 0.5) is 0 Å². The molecule has 3 aliphatic heterocycles. The van der Waals surface area contributed by atoms with Gasteiger partial charge in [0.15, 0.2) is 0 Å². The number of piperidine rings is 1. The highest BCUT2D eigenvalue weighted by atomic mass is 16.5. The topological polar surface area (TPSA) is 21.3 Å². The first-order valence-corrected chi connectivity index (χ1v) is 6.86. The van der Waals surface area contributed by atoms with E-state index >= 15 is 0 Å². The van der Waals surface area contributed by atoms with Crippen molar-refractivity contribution in [2.24, 2.45) is 0 Å². The molecule has 3 heterocycles. The number of ether oxygens (including phenoxy) is 1. The molecule has 0 aliphatic carbocycles. The third-order valence-corrected chi connectivity index (χ3v) is 4.72. The molecule has 2 nitrogen and oxygen atoms in total. The van der Waals surface area contributed by atoms with Crippen LogP contribution in [0.3, 0.4) is 0 Å². The molecule has 0 aromatic heterocycles. The molecule has 90 valence electrons. The van der Waals surface area contributed by atoms with Gasteiger partial charge in [0, 0.05) is 24.9 Å². The molecule has 2 unspecified atom stereocenters. The number of rotatable bonds is 0. The van der Waals surface area contributed by atoms with E-state index in [1.165, 1.54) is 44.1 Å². The molecule has 1 N–H and O–H groups in total. The van der Waals surface area contributed by atoms with E-state index in [1.807, 2.05) is 0 Å². The van der Waals surface area contributed by atoms with E-state index in [0.717, 1.165) is 5.75 Å². The molecule has 2 heteroatoms. The van der Waals surface area contributed by atoms with Crippen LogP contribution in [-0.4, -0.2) is 17.7 Å². The second kappa shape index (κ2) is 3.49. The third-order valence-electron chi connectivity index (χ3n) is 4.72. The summed E-state index contributed by atoms with van der Waals surface area (Å²) >= 11 is 0. The highest BCUT2D eigenvalue weighted by molar-refractivity contribution is 5.36. The molecule has 1 aromatic rings. The van der Waals surface area contributed by atoms with Crippen LogP contribution in [0.25, 0.3) is 0 Å². The first kappa shape index (κ1) is 9.95. The number of para-hydroxylation sites is 1. The maximum Gasteiger partial charge on any atom is 0.123 e. The van der Waals surface area contributed by atoms with Crippen molar-refractivity contribution in [2.75, 3.05) is 0 Å². The Hall–Kier alpha value is -1.02. The van der Waals surface area contributed by atoms with Gasteiger partial charge in [0.05, 0.1) is 0 Å². The van der Waals surface area contributed by atoms with Gasteiger partial charge in [-0.3, -0.25) is 0 Å². The Bertz CT molecular complexity index is 430. The van der Waals surface area contributed by atoms with Crippen LogP contribution >= 0.6 is 0 Å². The molecule has 2 atom stereocenters. The van der Waals surface area contributed by atoms with Crippen LogP contribution in [0.2, 0.25) is 0 Å². The lowest BCUT2D eigenvalue weighted by molar-refractivity contribution is 0.000267. The SMILES string of the molecule is c1ccc2c(c1)CCC1(CC3CCC(C1)N3)O2. The Balaban J connectivity index is 1.65. The first-order chi connectivity index (χ1) is 8.33. The van der Waals surface area contributed by atoms with Crippen molar-refractivity contribution in [3.63, 3.8) is 0 Å². The van der Waals surface area contributed by atoms with Crippen LogP contribution in [0.1, 0.15) is 37.7 Å². The van der Waals surface area contributed by atoms with Crippen LogP contribution in [0.5, 0.6) is 5.75 Å². The summed E-state index contributed by atoms with van der Waals surface area (Å²) in [6.07, 6.45) is 7.50. The zero-order valence-corrected chi connectivity index (χ0v) is 10.1. The Morgan fingerprint density at radius 2 is 1.88 bits per heavy atom. The van der Waals surface area contributed by atoms with Gasteiger partial charge in [-0.15, -0.1) is 0 Å². The van der Waals surface area contributed by atoms with Crippen molar-refractivity contribution in [1.29, 1.82) is 0 Å². The summed E-state index contributed by atoms with van der Waals surface area (Å²) in [6.45, 7) is 0. The summed E-state index contributed by atoms with van der Waals surface area (Å²) in [4.78, 5) is 0. The highest BCUT2D eigenvalue weighted by Crippen LogP contribution is 2.43. The fourth-order valence-corrected chi connectivity index (χ4v) is 3.95. The Labute approximate surface area is 102 Å². The van der Waals surface area contributed by atoms with Crippen LogP contribution < -0.4 is 10.1 Å². The number of benzene rings is 1. The van der Waals surface area contributed by atoms with E-state index in [4.69, 9.17) is 4.74 Å². The average Bonchev–Trinajstić information content (AvgIpc) is 2.69. The lowest BCUT2D eigenvalue weighted by Gasteiger charge is -2.44. The van der Waals surface area contributed by atoms with Gasteiger partial charge in [-0.25, -0.2) is 0 Å². The summed E-state index contributed by atoms with van der Waals surface area (Å²) in [6, 6.07) is 9.97. The van der Waals surface area contributed by atoms with Gasteiger partial charge in [-0.05, 0) is 37.3 Å². The normalized spacial score (nSPS) is 38.8. The molecule has 17 heavy (non-hydrogen) atoms. The van der Waals surface area contributed by atoms with Gasteiger partial charge in [0.1, 0.15) is 11.4 Å². The average molecular weight is 229 g/mol. The molecule has 4 rings (SSSR count). The second-order valence-corrected chi connectivity index (χ2v) is 5.94. The predicted octanol–water partition coefficient (Wildman–Crippen LogP) is 2.66. The van der Waals surface area contributed by atoms with Crippen LogP contribution in [0.15, 0.2) is 24.3 Å². The van der Waals surface area contributed by atoms with Gasteiger partial charge in [0.25, 0.3) is 0 Å². The Morgan fingerprint density at radius 1 is 1.12 bits per heavy atom. The van der Waals surface area contributed by atoms with Gasteiger partial charge in [-0.2, -0.15) is 0 Å². The van der Waals surface area contributed by atoms with Gasteiger partial charge in [-0.1, -0.05) is 18.2 Å². The summed E-state index contributed by atoms with van der Waals surface area (Å²) in [5.41, 5.74) is 1.54. The maximum atomic E-state index is 6.40. The van der Waals surface area contributed by atoms with E-state index in [9.17, 15) is 0 Å². The standard InChI is InChI=1S/C15H19NO/c1-2-4-14-11(3-1)7-8-15(17-14)9-12-5-6-13(10-15)16-12/h1-4,12-13,16H,5-10H2. The van der Waals surface area contributed by atoms with Crippen LogP contribution in [-0.2, 0) is 6.42 Å². The summed E-state index contributed by atoms with van der Waals surface area (Å²) < 4.78 is 6.40. The van der Waals surface area contributed by atoms with Crippen molar-refractivity contribution in [1.82, 2.24) is 5.32 Å². The zero-order valence-electron chi connectivity index (χ0n) is 10.1. The first-order valence-electron chi connectivity index (χ1n) is 6.86. The molecule has 0 saturated carbocycles. The van der Waals surface area contributed by atoms with E-state index in [2.05, 4.69) is 29.6 Å². The van der Waals surface area contributed by atoms with E-state index in [0.29, 0.717) is 12.1 Å². The van der Waals surface area contributed by atoms with E-state index in [1.54, 1.807) is 0 Å². The molecular weight excluding hydrogens is 210 g/mol. The maximum absolute atomic E-state index is 6.40. The van der Waals surface area contributed by atoms with E-state index < -0.39 is 0 Å². The number of aryl methyl sites for hydroxylation is 1. The molecule has 0 radical (unpaired) electrons.